The van der Waals surface area contributed by atoms with Crippen molar-refractivity contribution in [2.45, 2.75) is 24.4 Å². The van der Waals surface area contributed by atoms with Crippen molar-refractivity contribution in [1.29, 1.82) is 0 Å². The van der Waals surface area contributed by atoms with Crippen LogP contribution in [-0.4, -0.2) is 46.2 Å². The Bertz CT molecular complexity index is 1200. The summed E-state index contributed by atoms with van der Waals surface area (Å²) in [5.41, 5.74) is 3.77. The number of benzene rings is 2. The number of anilines is 1. The lowest BCUT2D eigenvalue weighted by molar-refractivity contribution is 0.121. The van der Waals surface area contributed by atoms with Gasteiger partial charge in [0.05, 0.1) is 25.5 Å². The van der Waals surface area contributed by atoms with Gasteiger partial charge in [-0.05, 0) is 36.8 Å². The van der Waals surface area contributed by atoms with Crippen molar-refractivity contribution in [3.63, 3.8) is 0 Å². The fraction of sp³-hybridized carbons (Fsp3) is 0.292. The van der Waals surface area contributed by atoms with Crippen molar-refractivity contribution in [3.05, 3.63) is 77.2 Å². The van der Waals surface area contributed by atoms with Gasteiger partial charge in [0.15, 0.2) is 10.9 Å². The van der Waals surface area contributed by atoms with Gasteiger partial charge < -0.3 is 14.2 Å². The van der Waals surface area contributed by atoms with Gasteiger partial charge in [0.25, 0.3) is 0 Å². The fourth-order valence-electron chi connectivity index (χ4n) is 3.80. The molecule has 0 aliphatic carbocycles. The van der Waals surface area contributed by atoms with Crippen LogP contribution in [0.3, 0.4) is 0 Å². The van der Waals surface area contributed by atoms with Gasteiger partial charge in [-0.1, -0.05) is 47.3 Å². The van der Waals surface area contributed by atoms with Crippen LogP contribution < -0.4 is 4.90 Å². The highest BCUT2D eigenvalue weighted by molar-refractivity contribution is 7.98. The van der Waals surface area contributed by atoms with Crippen molar-refractivity contribution in [2.75, 3.05) is 31.2 Å². The number of aromatic nitrogens is 4. The molecule has 0 saturated carbocycles. The van der Waals surface area contributed by atoms with E-state index >= 15 is 0 Å². The third kappa shape index (κ3) is 4.79. The Morgan fingerprint density at radius 2 is 1.76 bits per heavy atom. The fourth-order valence-corrected chi connectivity index (χ4v) is 4.73. The quantitative estimate of drug-likeness (QED) is 0.371. The summed E-state index contributed by atoms with van der Waals surface area (Å²) in [6, 6.07) is 16.5. The average Bonchev–Trinajstić information content (AvgIpc) is 3.42. The smallest absolute Gasteiger partial charge is 0.228 e. The lowest BCUT2D eigenvalue weighted by Crippen LogP contribution is -2.38. The molecule has 1 saturated heterocycles. The summed E-state index contributed by atoms with van der Waals surface area (Å²) < 4.78 is 26.5. The Morgan fingerprint density at radius 3 is 2.52 bits per heavy atom. The monoisotopic (exact) mass is 465 g/mol. The largest absolute Gasteiger partial charge is 0.378 e. The standard InChI is InChI=1S/C24H24FN5O2S/c1-17-21(28-32-22(17)19-7-9-20(25)10-8-19)16-33-24-27-26-23(29-11-13-31-14-12-29)30(24)15-18-5-3-2-4-6-18/h2-10H,11-16H2,1H3. The molecule has 0 spiro atoms. The maximum absolute atomic E-state index is 13.3. The highest BCUT2D eigenvalue weighted by atomic mass is 32.2. The van der Waals surface area contributed by atoms with Gasteiger partial charge in [-0.15, -0.1) is 10.2 Å². The molecule has 0 amide bonds. The number of hydrogen-bond donors (Lipinski definition) is 0. The van der Waals surface area contributed by atoms with Gasteiger partial charge in [0.2, 0.25) is 5.95 Å². The van der Waals surface area contributed by atoms with Crippen LogP contribution in [0.15, 0.2) is 64.3 Å². The maximum Gasteiger partial charge on any atom is 0.228 e. The number of thioether (sulfide) groups is 1. The van der Waals surface area contributed by atoms with Crippen molar-refractivity contribution in [3.8, 4) is 11.3 Å². The van der Waals surface area contributed by atoms with E-state index in [2.05, 4.69) is 37.0 Å². The molecule has 0 unspecified atom stereocenters. The topological polar surface area (TPSA) is 69.2 Å². The van der Waals surface area contributed by atoms with Gasteiger partial charge in [0.1, 0.15) is 5.82 Å². The molecule has 0 radical (unpaired) electrons. The molecule has 0 bridgehead atoms. The van der Waals surface area contributed by atoms with Crippen LogP contribution in [0.4, 0.5) is 10.3 Å². The first-order valence-electron chi connectivity index (χ1n) is 10.8. The number of rotatable bonds is 7. The molecule has 1 aliphatic rings. The molecule has 5 rings (SSSR count). The van der Waals surface area contributed by atoms with E-state index in [-0.39, 0.29) is 5.82 Å². The second kappa shape index (κ2) is 9.76. The summed E-state index contributed by atoms with van der Waals surface area (Å²) in [6.07, 6.45) is 0. The number of hydrogen-bond acceptors (Lipinski definition) is 7. The van der Waals surface area contributed by atoms with Crippen LogP contribution in [0.5, 0.6) is 0 Å². The highest BCUT2D eigenvalue weighted by Crippen LogP contribution is 2.31. The van der Waals surface area contributed by atoms with E-state index in [4.69, 9.17) is 9.26 Å². The van der Waals surface area contributed by atoms with Gasteiger partial charge in [-0.2, -0.15) is 0 Å². The van der Waals surface area contributed by atoms with Crippen LogP contribution in [-0.2, 0) is 17.0 Å². The van der Waals surface area contributed by atoms with Gasteiger partial charge in [-0.3, -0.25) is 4.57 Å². The number of halogens is 1. The summed E-state index contributed by atoms with van der Waals surface area (Å²) in [7, 11) is 0. The molecular formula is C24H24FN5O2S. The van der Waals surface area contributed by atoms with Gasteiger partial charge in [-0.25, -0.2) is 4.39 Å². The Morgan fingerprint density at radius 1 is 1.00 bits per heavy atom. The van der Waals surface area contributed by atoms with E-state index in [0.717, 1.165) is 41.0 Å². The number of ether oxygens (including phenoxy) is 1. The number of nitrogens with zero attached hydrogens (tertiary/aromatic N) is 5. The minimum Gasteiger partial charge on any atom is -0.378 e. The second-order valence-corrected chi connectivity index (χ2v) is 8.78. The first-order valence-corrected chi connectivity index (χ1v) is 11.8. The van der Waals surface area contributed by atoms with Crippen LogP contribution in [0.25, 0.3) is 11.3 Å². The number of morpholine rings is 1. The summed E-state index contributed by atoms with van der Waals surface area (Å²) in [6.45, 7) is 5.61. The molecule has 2 aromatic carbocycles. The molecule has 1 fully saturated rings. The molecule has 4 aromatic rings. The first kappa shape index (κ1) is 21.7. The first-order chi connectivity index (χ1) is 16.2. The summed E-state index contributed by atoms with van der Waals surface area (Å²) >= 11 is 1.58. The van der Waals surface area contributed by atoms with E-state index in [1.54, 1.807) is 23.9 Å². The Labute approximate surface area is 195 Å². The molecule has 1 aliphatic heterocycles. The lowest BCUT2D eigenvalue weighted by Gasteiger charge is -2.28. The zero-order valence-corrected chi connectivity index (χ0v) is 19.1. The van der Waals surface area contributed by atoms with E-state index in [0.29, 0.717) is 31.3 Å². The van der Waals surface area contributed by atoms with E-state index in [1.807, 2.05) is 25.1 Å². The Balaban J connectivity index is 1.38. The Hall–Kier alpha value is -3.17. The summed E-state index contributed by atoms with van der Waals surface area (Å²) in [5, 5.41) is 14.1. The minimum absolute atomic E-state index is 0.277. The van der Waals surface area contributed by atoms with Crippen LogP contribution >= 0.6 is 11.8 Å². The molecule has 0 atom stereocenters. The molecule has 0 N–H and O–H groups in total. The third-order valence-electron chi connectivity index (χ3n) is 5.64. The molecule has 3 heterocycles. The highest BCUT2D eigenvalue weighted by Gasteiger charge is 2.22. The molecule has 9 heteroatoms. The normalized spacial score (nSPS) is 14.1. The SMILES string of the molecule is Cc1c(CSc2nnc(N3CCOCC3)n2Cc2ccccc2)noc1-c1ccc(F)cc1. The maximum atomic E-state index is 13.3. The summed E-state index contributed by atoms with van der Waals surface area (Å²) in [4.78, 5) is 2.22. The van der Waals surface area contributed by atoms with Crippen LogP contribution in [0, 0.1) is 12.7 Å². The van der Waals surface area contributed by atoms with Gasteiger partial charge >= 0.3 is 0 Å². The minimum atomic E-state index is -0.277. The zero-order valence-electron chi connectivity index (χ0n) is 18.3. The zero-order chi connectivity index (χ0) is 22.6. The van der Waals surface area contributed by atoms with Crippen LogP contribution in [0.1, 0.15) is 16.8 Å². The lowest BCUT2D eigenvalue weighted by atomic mass is 10.1. The molecule has 33 heavy (non-hydrogen) atoms. The molecule has 170 valence electrons. The van der Waals surface area contributed by atoms with Gasteiger partial charge in [0, 0.05) is 30.0 Å². The Kier molecular flexibility index (Phi) is 6.41. The third-order valence-corrected chi connectivity index (χ3v) is 6.62. The van der Waals surface area contributed by atoms with Crippen molar-refractivity contribution >= 4 is 17.7 Å². The van der Waals surface area contributed by atoms with Crippen LogP contribution in [0.2, 0.25) is 0 Å². The second-order valence-electron chi connectivity index (χ2n) is 7.83. The van der Waals surface area contributed by atoms with Crippen molar-refractivity contribution in [2.24, 2.45) is 0 Å². The predicted molar refractivity (Wildman–Crippen MR) is 125 cm³/mol. The predicted octanol–water partition coefficient (Wildman–Crippen LogP) is 4.56. The average molecular weight is 466 g/mol. The van der Waals surface area contributed by atoms with E-state index in [1.165, 1.54) is 17.7 Å². The molecule has 2 aromatic heterocycles. The van der Waals surface area contributed by atoms with E-state index < -0.39 is 0 Å². The molecule has 7 nitrogen and oxygen atoms in total. The van der Waals surface area contributed by atoms with Crippen molar-refractivity contribution in [1.82, 2.24) is 19.9 Å². The van der Waals surface area contributed by atoms with Crippen molar-refractivity contribution < 1.29 is 13.7 Å². The molecular weight excluding hydrogens is 441 g/mol. The summed E-state index contributed by atoms with van der Waals surface area (Å²) in [5.74, 6) is 1.83. The van der Waals surface area contributed by atoms with E-state index in [9.17, 15) is 4.39 Å².